The first kappa shape index (κ1) is 16.0. The molecule has 1 aliphatic rings. The summed E-state index contributed by atoms with van der Waals surface area (Å²) in [6.45, 7) is 1.64. The van der Waals surface area contributed by atoms with Gasteiger partial charge < -0.3 is 10.1 Å². The predicted molar refractivity (Wildman–Crippen MR) is 83.8 cm³/mol. The molecule has 2 N–H and O–H groups in total. The number of hydrogen-bond acceptors (Lipinski definition) is 3. The Morgan fingerprint density at radius 1 is 1.43 bits per heavy atom. The highest BCUT2D eigenvalue weighted by Crippen LogP contribution is 2.41. The van der Waals surface area contributed by atoms with Crippen molar-refractivity contribution in [2.24, 2.45) is 5.92 Å². The molecule has 0 radical (unpaired) electrons. The van der Waals surface area contributed by atoms with E-state index in [-0.39, 0.29) is 10.8 Å². The number of carboxylic acids is 1. The van der Waals surface area contributed by atoms with Gasteiger partial charge in [0, 0.05) is 23.3 Å². The van der Waals surface area contributed by atoms with Crippen LogP contribution in [0.15, 0.2) is 17.0 Å². The second-order valence-electron chi connectivity index (χ2n) is 6.24. The molecule has 2 aromatic rings. The van der Waals surface area contributed by atoms with Gasteiger partial charge in [0.25, 0.3) is 0 Å². The molecule has 2 atom stereocenters. The number of fused-ring (bicyclic) bond motifs is 3. The molecule has 1 aliphatic carbocycles. The second kappa shape index (κ2) is 5.33. The Kier molecular flexibility index (Phi) is 3.71. The Morgan fingerprint density at radius 3 is 2.74 bits per heavy atom. The number of H-pyrrole nitrogens is 1. The van der Waals surface area contributed by atoms with E-state index >= 15 is 0 Å². The average Bonchev–Trinajstić information content (AvgIpc) is 2.83. The van der Waals surface area contributed by atoms with E-state index in [4.69, 9.17) is 0 Å². The van der Waals surface area contributed by atoms with Gasteiger partial charge in [0.1, 0.15) is 5.82 Å². The average molecular weight is 339 g/mol. The Labute approximate surface area is 133 Å². The standard InChI is InChI=1S/C16H18FNO4S/c1-8(16(19)20)10-4-3-5-11-12-6-9(17)7-13(23(2,21)22)15(12)18-14(10)11/h6-8,10,18H,3-5H2,1-2H3,(H,19,20)/t8?,10-/m1/s1. The van der Waals surface area contributed by atoms with Crippen LogP contribution in [-0.4, -0.2) is 30.7 Å². The van der Waals surface area contributed by atoms with Crippen molar-refractivity contribution in [3.8, 4) is 0 Å². The summed E-state index contributed by atoms with van der Waals surface area (Å²) in [6, 6.07) is 2.34. The second-order valence-corrected chi connectivity index (χ2v) is 8.23. The SMILES string of the molecule is CC(C(=O)O)[C@H]1CCCc2c1[nH]c1c(S(C)(=O)=O)cc(F)cc21. The fourth-order valence-electron chi connectivity index (χ4n) is 3.50. The number of carboxylic acid groups (broad SMARTS) is 1. The maximum absolute atomic E-state index is 13.9. The summed E-state index contributed by atoms with van der Waals surface area (Å²) in [7, 11) is -3.59. The molecule has 0 fully saturated rings. The molecule has 0 bridgehead atoms. The number of aromatic amines is 1. The van der Waals surface area contributed by atoms with Gasteiger partial charge in [0.2, 0.25) is 0 Å². The molecule has 1 heterocycles. The van der Waals surface area contributed by atoms with Gasteiger partial charge in [-0.1, -0.05) is 6.92 Å². The highest BCUT2D eigenvalue weighted by atomic mass is 32.2. The highest BCUT2D eigenvalue weighted by molar-refractivity contribution is 7.91. The normalized spacial score (nSPS) is 19.5. The van der Waals surface area contributed by atoms with E-state index in [0.29, 0.717) is 23.7 Å². The molecule has 0 aliphatic heterocycles. The summed E-state index contributed by atoms with van der Waals surface area (Å²) in [5.41, 5.74) is 1.95. The summed E-state index contributed by atoms with van der Waals surface area (Å²) >= 11 is 0. The van der Waals surface area contributed by atoms with Crippen LogP contribution in [0.5, 0.6) is 0 Å². The maximum atomic E-state index is 13.9. The molecule has 1 aromatic heterocycles. The predicted octanol–water partition coefficient (Wildman–Crippen LogP) is 2.85. The van der Waals surface area contributed by atoms with Gasteiger partial charge in [0.15, 0.2) is 9.84 Å². The van der Waals surface area contributed by atoms with E-state index < -0.39 is 27.5 Å². The number of aryl methyl sites for hydroxylation is 1. The summed E-state index contributed by atoms with van der Waals surface area (Å²) in [6.07, 6.45) is 3.24. The van der Waals surface area contributed by atoms with E-state index in [2.05, 4.69) is 4.98 Å². The van der Waals surface area contributed by atoms with E-state index in [1.165, 1.54) is 6.07 Å². The Bertz CT molecular complexity index is 900. The Morgan fingerprint density at radius 2 is 2.13 bits per heavy atom. The minimum absolute atomic E-state index is 0.0800. The van der Waals surface area contributed by atoms with Gasteiger partial charge in [-0.05, 0) is 37.0 Å². The lowest BCUT2D eigenvalue weighted by atomic mass is 9.79. The zero-order valence-electron chi connectivity index (χ0n) is 12.9. The molecular weight excluding hydrogens is 321 g/mol. The van der Waals surface area contributed by atoms with Crippen molar-refractivity contribution in [1.82, 2.24) is 4.98 Å². The van der Waals surface area contributed by atoms with Gasteiger partial charge in [-0.25, -0.2) is 12.8 Å². The summed E-state index contributed by atoms with van der Waals surface area (Å²) < 4.78 is 37.8. The number of carbonyl (C=O) groups is 1. The van der Waals surface area contributed by atoms with Crippen LogP contribution < -0.4 is 0 Å². The molecular formula is C16H18FNO4S. The summed E-state index contributed by atoms with van der Waals surface area (Å²) in [5, 5.41) is 9.84. The number of halogens is 1. The monoisotopic (exact) mass is 339 g/mol. The molecule has 5 nitrogen and oxygen atoms in total. The molecule has 7 heteroatoms. The van der Waals surface area contributed by atoms with Crippen molar-refractivity contribution >= 4 is 26.7 Å². The summed E-state index contributed by atoms with van der Waals surface area (Å²) in [5.74, 6) is -2.31. The molecule has 23 heavy (non-hydrogen) atoms. The van der Waals surface area contributed by atoms with Crippen LogP contribution in [0.3, 0.4) is 0 Å². The van der Waals surface area contributed by atoms with Gasteiger partial charge in [-0.3, -0.25) is 4.79 Å². The van der Waals surface area contributed by atoms with E-state index in [1.54, 1.807) is 6.92 Å². The minimum atomic E-state index is -3.59. The van der Waals surface area contributed by atoms with Crippen molar-refractivity contribution in [3.63, 3.8) is 0 Å². The molecule has 3 rings (SSSR count). The Hall–Kier alpha value is -1.89. The first-order valence-corrected chi connectivity index (χ1v) is 9.36. The lowest BCUT2D eigenvalue weighted by molar-refractivity contribution is -0.142. The van der Waals surface area contributed by atoms with Crippen molar-refractivity contribution in [1.29, 1.82) is 0 Å². The zero-order valence-corrected chi connectivity index (χ0v) is 13.7. The van der Waals surface area contributed by atoms with Crippen LogP contribution in [0, 0.1) is 11.7 Å². The zero-order chi connectivity index (χ0) is 16.9. The van der Waals surface area contributed by atoms with Gasteiger partial charge >= 0.3 is 5.97 Å². The van der Waals surface area contributed by atoms with Crippen LogP contribution in [0.25, 0.3) is 10.9 Å². The lowest BCUT2D eigenvalue weighted by Gasteiger charge is -2.25. The molecule has 0 spiro atoms. The largest absolute Gasteiger partial charge is 0.481 e. The summed E-state index contributed by atoms with van der Waals surface area (Å²) in [4.78, 5) is 14.3. The third kappa shape index (κ3) is 2.63. The van der Waals surface area contributed by atoms with Crippen LogP contribution in [0.4, 0.5) is 4.39 Å². The maximum Gasteiger partial charge on any atom is 0.306 e. The van der Waals surface area contributed by atoms with Crippen molar-refractivity contribution < 1.29 is 22.7 Å². The molecule has 0 amide bonds. The van der Waals surface area contributed by atoms with E-state index in [0.717, 1.165) is 30.0 Å². The smallest absolute Gasteiger partial charge is 0.306 e. The van der Waals surface area contributed by atoms with E-state index in [1.807, 2.05) is 0 Å². The van der Waals surface area contributed by atoms with Crippen molar-refractivity contribution in [3.05, 3.63) is 29.2 Å². The lowest BCUT2D eigenvalue weighted by Crippen LogP contribution is -2.22. The minimum Gasteiger partial charge on any atom is -0.481 e. The van der Waals surface area contributed by atoms with Crippen LogP contribution in [-0.2, 0) is 21.1 Å². The fourth-order valence-corrected chi connectivity index (χ4v) is 4.36. The first-order valence-electron chi connectivity index (χ1n) is 7.47. The number of hydrogen-bond donors (Lipinski definition) is 2. The van der Waals surface area contributed by atoms with Crippen molar-refractivity contribution in [2.45, 2.75) is 37.0 Å². The number of aliphatic carboxylic acids is 1. The number of sulfone groups is 1. The fraction of sp³-hybridized carbons (Fsp3) is 0.438. The molecule has 1 unspecified atom stereocenters. The van der Waals surface area contributed by atoms with Crippen LogP contribution >= 0.6 is 0 Å². The number of rotatable bonds is 3. The third-order valence-corrected chi connectivity index (χ3v) is 5.80. The molecule has 1 aromatic carbocycles. The van der Waals surface area contributed by atoms with Gasteiger partial charge in [0.05, 0.1) is 16.3 Å². The van der Waals surface area contributed by atoms with E-state index in [9.17, 15) is 22.7 Å². The Balaban J connectivity index is 2.30. The highest BCUT2D eigenvalue weighted by Gasteiger charge is 2.33. The number of aromatic nitrogens is 1. The third-order valence-electron chi connectivity index (χ3n) is 4.68. The van der Waals surface area contributed by atoms with Gasteiger partial charge in [-0.2, -0.15) is 0 Å². The van der Waals surface area contributed by atoms with Crippen LogP contribution in [0.1, 0.15) is 36.9 Å². The topological polar surface area (TPSA) is 87.2 Å². The quantitative estimate of drug-likeness (QED) is 0.900. The molecule has 0 saturated carbocycles. The van der Waals surface area contributed by atoms with Crippen LogP contribution in [0.2, 0.25) is 0 Å². The van der Waals surface area contributed by atoms with Crippen molar-refractivity contribution in [2.75, 3.05) is 6.26 Å². The van der Waals surface area contributed by atoms with Gasteiger partial charge in [-0.15, -0.1) is 0 Å². The number of nitrogens with one attached hydrogen (secondary N) is 1. The first-order chi connectivity index (χ1) is 10.7. The molecule has 124 valence electrons. The number of benzene rings is 1. The molecule has 0 saturated heterocycles.